The molecule has 0 amide bonds. The van der Waals surface area contributed by atoms with Gasteiger partial charge in [0, 0.05) is 0 Å². The quantitative estimate of drug-likeness (QED) is 0.362. The minimum absolute atomic E-state index is 0.476. The summed E-state index contributed by atoms with van der Waals surface area (Å²) in [7, 11) is 6.00. The molecule has 0 aliphatic carbocycles. The van der Waals surface area contributed by atoms with Crippen molar-refractivity contribution in [1.29, 1.82) is 0 Å². The first-order valence-corrected chi connectivity index (χ1v) is 8.86. The fourth-order valence-electron chi connectivity index (χ4n) is 2.53. The van der Waals surface area contributed by atoms with E-state index in [0.717, 1.165) is 12.2 Å². The van der Waals surface area contributed by atoms with Crippen molar-refractivity contribution in [2.45, 2.75) is 0 Å². The summed E-state index contributed by atoms with van der Waals surface area (Å²) in [6.45, 7) is 0. The van der Waals surface area contributed by atoms with Crippen LogP contribution in [0.25, 0.3) is 12.2 Å². The maximum Gasteiger partial charge on any atom is 0.218 e. The van der Waals surface area contributed by atoms with Crippen LogP contribution < -0.4 is 18.9 Å². The molecule has 6 nitrogen and oxygen atoms in total. The van der Waals surface area contributed by atoms with Crippen LogP contribution in [0.5, 0.6) is 23.0 Å². The van der Waals surface area contributed by atoms with Gasteiger partial charge >= 0.3 is 0 Å². The molecule has 7 heteroatoms. The fourth-order valence-corrected chi connectivity index (χ4v) is 2.53. The lowest BCUT2D eigenvalue weighted by molar-refractivity contribution is -0.112. The molecule has 0 fully saturated rings. The van der Waals surface area contributed by atoms with Crippen LogP contribution >= 0.6 is 0 Å². The first-order valence-electron chi connectivity index (χ1n) is 8.86. The molecule has 0 saturated carbocycles. The number of ether oxygens (including phenoxy) is 4. The first kappa shape index (κ1) is 22.5. The Morgan fingerprint density at radius 1 is 0.767 bits per heavy atom. The van der Waals surface area contributed by atoms with Gasteiger partial charge in [-0.1, -0.05) is 24.3 Å². The molecule has 1 N–H and O–H groups in total. The minimum atomic E-state index is -1.27. The van der Waals surface area contributed by atoms with Crippen molar-refractivity contribution in [3.8, 4) is 23.0 Å². The van der Waals surface area contributed by atoms with E-state index in [0.29, 0.717) is 34.1 Å². The second-order valence-corrected chi connectivity index (χ2v) is 5.96. The third kappa shape index (κ3) is 5.64. The second-order valence-electron chi connectivity index (χ2n) is 5.96. The maximum absolute atomic E-state index is 14.2. The summed E-state index contributed by atoms with van der Waals surface area (Å²) in [6, 6.07) is 10.0. The Morgan fingerprint density at radius 2 is 1.20 bits per heavy atom. The van der Waals surface area contributed by atoms with E-state index in [4.69, 9.17) is 18.9 Å². The summed E-state index contributed by atoms with van der Waals surface area (Å²) in [6.07, 6.45) is 4.98. The van der Waals surface area contributed by atoms with Gasteiger partial charge in [-0.15, -0.1) is 0 Å². The number of benzene rings is 2. The molecular formula is C23H23FO6. The Kier molecular flexibility index (Phi) is 8.05. The van der Waals surface area contributed by atoms with E-state index in [1.165, 1.54) is 40.6 Å². The van der Waals surface area contributed by atoms with Crippen LogP contribution in [0.15, 0.2) is 60.1 Å². The minimum Gasteiger partial charge on any atom is -0.505 e. The van der Waals surface area contributed by atoms with Crippen molar-refractivity contribution in [2.75, 3.05) is 28.4 Å². The van der Waals surface area contributed by atoms with Gasteiger partial charge in [0.05, 0.1) is 28.4 Å². The SMILES string of the molecule is COc1ccc(/C=C/C(=O)/C(F)=C(O)/C=C/c2ccc(OC)c(OC)c2)cc1OC. The number of hydrogen-bond acceptors (Lipinski definition) is 6. The molecule has 2 aromatic carbocycles. The van der Waals surface area contributed by atoms with Crippen molar-refractivity contribution in [2.24, 2.45) is 0 Å². The van der Waals surface area contributed by atoms with E-state index in [1.54, 1.807) is 36.4 Å². The number of halogens is 1. The van der Waals surface area contributed by atoms with Crippen molar-refractivity contribution in [3.63, 3.8) is 0 Å². The van der Waals surface area contributed by atoms with Crippen LogP contribution in [-0.4, -0.2) is 39.3 Å². The fraction of sp³-hybridized carbons (Fsp3) is 0.174. The summed E-state index contributed by atoms with van der Waals surface area (Å²) in [4.78, 5) is 12.0. The van der Waals surface area contributed by atoms with Crippen molar-refractivity contribution in [1.82, 2.24) is 0 Å². The number of ketones is 1. The number of allylic oxidation sites excluding steroid dienone is 3. The largest absolute Gasteiger partial charge is 0.505 e. The van der Waals surface area contributed by atoms with E-state index in [-0.39, 0.29) is 0 Å². The standard InChI is InChI=1S/C23H23FO6/c1-27-19-11-7-15(13-21(19)29-3)5-9-17(25)23(24)18(26)10-6-16-8-12-20(28-2)22(14-16)30-4/h5-14,25H,1-4H3/b9-5+,10-6+,23-17+. The molecule has 0 radical (unpaired) electrons. The van der Waals surface area contributed by atoms with Crippen LogP contribution in [0, 0.1) is 0 Å². The molecule has 0 aliphatic rings. The maximum atomic E-state index is 14.2. The number of rotatable bonds is 9. The number of aliphatic hydroxyl groups is 1. The lowest BCUT2D eigenvalue weighted by atomic mass is 10.1. The number of aliphatic hydroxyl groups excluding tert-OH is 1. The average molecular weight is 414 g/mol. The number of carbonyl (C=O) groups is 1. The van der Waals surface area contributed by atoms with Crippen LogP contribution in [0.4, 0.5) is 4.39 Å². The van der Waals surface area contributed by atoms with Gasteiger partial charge in [-0.05, 0) is 47.5 Å². The molecule has 0 atom stereocenters. The Morgan fingerprint density at radius 3 is 1.63 bits per heavy atom. The summed E-state index contributed by atoms with van der Waals surface area (Å²) < 4.78 is 34.9. The third-order valence-corrected chi connectivity index (χ3v) is 4.12. The third-order valence-electron chi connectivity index (χ3n) is 4.12. The van der Waals surface area contributed by atoms with Gasteiger partial charge in [-0.2, -0.15) is 4.39 Å². The van der Waals surface area contributed by atoms with E-state index in [2.05, 4.69) is 0 Å². The van der Waals surface area contributed by atoms with Crippen molar-refractivity contribution in [3.05, 3.63) is 71.3 Å². The summed E-state index contributed by atoms with van der Waals surface area (Å²) in [5.74, 6) is -1.00. The van der Waals surface area contributed by atoms with Gasteiger partial charge < -0.3 is 24.1 Å². The van der Waals surface area contributed by atoms with Crippen LogP contribution in [0.1, 0.15) is 11.1 Å². The lowest BCUT2D eigenvalue weighted by Gasteiger charge is -2.07. The number of methoxy groups -OCH3 is 4. The summed E-state index contributed by atoms with van der Waals surface area (Å²) in [5, 5.41) is 9.89. The molecule has 0 aliphatic heterocycles. The van der Waals surface area contributed by atoms with Crippen molar-refractivity contribution < 1.29 is 33.2 Å². The van der Waals surface area contributed by atoms with E-state index >= 15 is 0 Å². The molecular weight excluding hydrogens is 391 g/mol. The first-order chi connectivity index (χ1) is 14.4. The second kappa shape index (κ2) is 10.7. The Hall–Kier alpha value is -3.74. The van der Waals surface area contributed by atoms with Gasteiger partial charge in [-0.3, -0.25) is 4.79 Å². The molecule has 0 aromatic heterocycles. The molecule has 30 heavy (non-hydrogen) atoms. The monoisotopic (exact) mass is 414 g/mol. The highest BCUT2D eigenvalue weighted by molar-refractivity contribution is 6.05. The normalized spacial score (nSPS) is 12.0. The zero-order valence-electron chi connectivity index (χ0n) is 17.1. The van der Waals surface area contributed by atoms with Gasteiger partial charge in [0.2, 0.25) is 11.6 Å². The Bertz CT molecular complexity index is 991. The van der Waals surface area contributed by atoms with Crippen LogP contribution in [0.2, 0.25) is 0 Å². The number of carbonyl (C=O) groups excluding carboxylic acids is 1. The smallest absolute Gasteiger partial charge is 0.218 e. The molecule has 0 heterocycles. The van der Waals surface area contributed by atoms with Gasteiger partial charge in [0.15, 0.2) is 28.8 Å². The highest BCUT2D eigenvalue weighted by Gasteiger charge is 2.11. The predicted molar refractivity (Wildman–Crippen MR) is 113 cm³/mol. The molecule has 0 unspecified atom stereocenters. The van der Waals surface area contributed by atoms with Gasteiger partial charge in [-0.25, -0.2) is 0 Å². The van der Waals surface area contributed by atoms with Crippen molar-refractivity contribution >= 4 is 17.9 Å². The molecule has 158 valence electrons. The molecule has 0 saturated heterocycles. The molecule has 2 rings (SSSR count). The van der Waals surface area contributed by atoms with E-state index in [9.17, 15) is 14.3 Å². The number of hydrogen-bond donors (Lipinski definition) is 1. The summed E-state index contributed by atoms with van der Waals surface area (Å²) >= 11 is 0. The zero-order valence-corrected chi connectivity index (χ0v) is 17.1. The van der Waals surface area contributed by atoms with Gasteiger partial charge in [0.1, 0.15) is 0 Å². The van der Waals surface area contributed by atoms with Gasteiger partial charge in [0.25, 0.3) is 0 Å². The summed E-state index contributed by atoms with van der Waals surface area (Å²) in [5.41, 5.74) is 1.23. The van der Waals surface area contributed by atoms with Crippen LogP contribution in [-0.2, 0) is 4.79 Å². The molecule has 0 spiro atoms. The van der Waals surface area contributed by atoms with E-state index in [1.807, 2.05) is 0 Å². The average Bonchev–Trinajstić information content (AvgIpc) is 2.79. The Labute approximate surface area is 174 Å². The highest BCUT2D eigenvalue weighted by atomic mass is 19.1. The molecule has 0 bridgehead atoms. The topological polar surface area (TPSA) is 74.2 Å². The predicted octanol–water partition coefficient (Wildman–Crippen LogP) is 4.76. The Balaban J connectivity index is 2.15. The van der Waals surface area contributed by atoms with Crippen LogP contribution in [0.3, 0.4) is 0 Å². The highest BCUT2D eigenvalue weighted by Crippen LogP contribution is 2.29. The molecule has 2 aromatic rings. The lowest BCUT2D eigenvalue weighted by Crippen LogP contribution is -1.97. The van der Waals surface area contributed by atoms with E-state index < -0.39 is 17.4 Å². The zero-order chi connectivity index (χ0) is 22.1.